The molecule has 0 aliphatic carbocycles. The van der Waals surface area contributed by atoms with Crippen LogP contribution < -0.4 is 5.32 Å². The molecule has 1 amide bonds. The van der Waals surface area contributed by atoms with E-state index in [1.54, 1.807) is 24.3 Å². The number of carboxylic acid groups (broad SMARTS) is 2. The van der Waals surface area contributed by atoms with Gasteiger partial charge in [0.05, 0.1) is 9.82 Å². The van der Waals surface area contributed by atoms with Crippen molar-refractivity contribution >= 4 is 39.2 Å². The molecule has 3 rings (SSSR count). The highest BCUT2D eigenvalue weighted by molar-refractivity contribution is 7.89. The number of carboxylic acids is 2. The molecule has 14 heteroatoms. The Morgan fingerprint density at radius 1 is 1.00 bits per heavy atom. The minimum Gasteiger partial charge on any atom is -0.473 e. The van der Waals surface area contributed by atoms with Crippen molar-refractivity contribution in [3.63, 3.8) is 0 Å². The predicted molar refractivity (Wildman–Crippen MR) is 123 cm³/mol. The zero-order chi connectivity index (χ0) is 26.2. The van der Waals surface area contributed by atoms with Crippen LogP contribution in [0.3, 0.4) is 0 Å². The molecule has 2 aromatic rings. The lowest BCUT2D eigenvalue weighted by Crippen LogP contribution is -2.48. The van der Waals surface area contributed by atoms with Crippen molar-refractivity contribution in [2.75, 3.05) is 31.5 Å². The lowest BCUT2D eigenvalue weighted by atomic mass is 10.2. The third kappa shape index (κ3) is 8.13. The normalized spacial score (nSPS) is 14.3. The van der Waals surface area contributed by atoms with Gasteiger partial charge in [-0.1, -0.05) is 12.1 Å². The summed E-state index contributed by atoms with van der Waals surface area (Å²) in [7, 11) is -3.62. The number of amides is 1. The molecule has 0 aromatic heterocycles. The molecule has 0 saturated carbocycles. The van der Waals surface area contributed by atoms with E-state index in [2.05, 4.69) is 10.2 Å². The number of aliphatic carboxylic acids is 2. The number of nitrogens with one attached hydrogen (secondary N) is 1. The quantitative estimate of drug-likeness (QED) is 0.291. The van der Waals surface area contributed by atoms with Gasteiger partial charge in [0.2, 0.25) is 15.9 Å². The van der Waals surface area contributed by atoms with Gasteiger partial charge in [-0.2, -0.15) is 4.31 Å². The Labute approximate surface area is 200 Å². The molecule has 1 aliphatic heterocycles. The lowest BCUT2D eigenvalue weighted by Gasteiger charge is -2.34. The molecule has 1 saturated heterocycles. The molecule has 1 fully saturated rings. The summed E-state index contributed by atoms with van der Waals surface area (Å²) in [5, 5.41) is 28.3. The predicted octanol–water partition coefficient (Wildman–Crippen LogP) is 1.22. The number of hydrogen-bond acceptors (Lipinski definition) is 8. The van der Waals surface area contributed by atoms with Gasteiger partial charge in [-0.05, 0) is 29.8 Å². The van der Waals surface area contributed by atoms with Crippen molar-refractivity contribution in [1.82, 2.24) is 9.21 Å². The van der Waals surface area contributed by atoms with Gasteiger partial charge in [0, 0.05) is 57.5 Å². The molecule has 0 bridgehead atoms. The van der Waals surface area contributed by atoms with Gasteiger partial charge in [-0.25, -0.2) is 18.0 Å². The average Bonchev–Trinajstić information content (AvgIpc) is 2.80. The summed E-state index contributed by atoms with van der Waals surface area (Å²) in [5.41, 5.74) is 1.41. The first-order valence-corrected chi connectivity index (χ1v) is 11.6. The van der Waals surface area contributed by atoms with E-state index in [9.17, 15) is 23.3 Å². The largest absolute Gasteiger partial charge is 0.473 e. The zero-order valence-electron chi connectivity index (χ0n) is 18.7. The lowest BCUT2D eigenvalue weighted by molar-refractivity contribution is -0.384. The van der Waals surface area contributed by atoms with Crippen molar-refractivity contribution in [2.24, 2.45) is 0 Å². The maximum atomic E-state index is 12.9. The topological polar surface area (TPSA) is 187 Å². The number of nitro benzene ring substituents is 1. The second kappa shape index (κ2) is 12.0. The SMILES string of the molecule is CC(=O)Nc1ccc(S(=O)(=O)N2CCN(Cc3cccc([N+](=O)[O-])c3)CC2)cc1.O=C(O)C(=O)O. The van der Waals surface area contributed by atoms with Crippen LogP contribution in [-0.2, 0) is 31.0 Å². The second-order valence-corrected chi connectivity index (χ2v) is 9.36. The number of carbonyl (C=O) groups excluding carboxylic acids is 1. The van der Waals surface area contributed by atoms with Gasteiger partial charge in [0.25, 0.3) is 5.69 Å². The molecule has 0 spiro atoms. The van der Waals surface area contributed by atoms with Gasteiger partial charge in [-0.3, -0.25) is 19.8 Å². The van der Waals surface area contributed by atoms with Crippen LogP contribution >= 0.6 is 0 Å². The number of anilines is 1. The molecule has 13 nitrogen and oxygen atoms in total. The van der Waals surface area contributed by atoms with Crippen molar-refractivity contribution in [3.05, 3.63) is 64.2 Å². The van der Waals surface area contributed by atoms with E-state index in [-0.39, 0.29) is 16.5 Å². The first kappa shape index (κ1) is 27.4. The molecule has 3 N–H and O–H groups in total. The van der Waals surface area contributed by atoms with Crippen molar-refractivity contribution < 1.29 is 37.9 Å². The van der Waals surface area contributed by atoms with Crippen molar-refractivity contribution in [2.45, 2.75) is 18.4 Å². The standard InChI is InChI=1S/C19H22N4O5S.C2H2O4/c1-15(24)20-17-5-7-19(8-6-17)29(27,28)22-11-9-21(10-12-22)14-16-3-2-4-18(13-16)23(25)26;3-1(4)2(5)6/h2-8,13H,9-12,14H2,1H3,(H,20,24);(H,3,4)(H,5,6). The van der Waals surface area contributed by atoms with Gasteiger partial charge in [-0.15, -0.1) is 0 Å². The van der Waals surface area contributed by atoms with E-state index < -0.39 is 26.9 Å². The Balaban J connectivity index is 0.000000641. The van der Waals surface area contributed by atoms with Crippen LogP contribution in [0.4, 0.5) is 11.4 Å². The summed E-state index contributed by atoms with van der Waals surface area (Å²) in [5.74, 6) is -3.87. The number of sulfonamides is 1. The second-order valence-electron chi connectivity index (χ2n) is 7.42. The number of nitro groups is 1. The number of rotatable bonds is 6. The highest BCUT2D eigenvalue weighted by Crippen LogP contribution is 2.21. The zero-order valence-corrected chi connectivity index (χ0v) is 19.5. The Bertz CT molecular complexity index is 1180. The molecule has 188 valence electrons. The number of non-ortho nitro benzene ring substituents is 1. The van der Waals surface area contributed by atoms with Crippen molar-refractivity contribution in [3.8, 4) is 0 Å². The average molecular weight is 509 g/mol. The number of nitrogens with zero attached hydrogens (tertiary/aromatic N) is 3. The molecule has 0 radical (unpaired) electrons. The van der Waals surface area contributed by atoms with E-state index in [1.165, 1.54) is 29.4 Å². The van der Waals surface area contributed by atoms with Crippen LogP contribution in [0.1, 0.15) is 12.5 Å². The van der Waals surface area contributed by atoms with Crippen molar-refractivity contribution in [1.29, 1.82) is 0 Å². The van der Waals surface area contributed by atoms with Gasteiger partial charge in [0.1, 0.15) is 0 Å². The molecule has 0 unspecified atom stereocenters. The van der Waals surface area contributed by atoms with E-state index in [4.69, 9.17) is 19.8 Å². The van der Waals surface area contributed by atoms with Gasteiger partial charge >= 0.3 is 11.9 Å². The monoisotopic (exact) mass is 508 g/mol. The fourth-order valence-corrected chi connectivity index (χ4v) is 4.64. The molecular weight excluding hydrogens is 484 g/mol. The Kier molecular flexibility index (Phi) is 9.39. The third-order valence-electron chi connectivity index (χ3n) is 4.85. The van der Waals surface area contributed by atoms with E-state index >= 15 is 0 Å². The number of hydrogen-bond donors (Lipinski definition) is 3. The summed E-state index contributed by atoms with van der Waals surface area (Å²) in [6, 6.07) is 12.6. The Morgan fingerprint density at radius 2 is 1.57 bits per heavy atom. The van der Waals surface area contributed by atoms with Crippen LogP contribution in [0, 0.1) is 10.1 Å². The number of piperazine rings is 1. The first-order chi connectivity index (χ1) is 16.4. The van der Waals surface area contributed by atoms with Gasteiger partial charge < -0.3 is 15.5 Å². The van der Waals surface area contributed by atoms with Crippen LogP contribution in [0.25, 0.3) is 0 Å². The fraction of sp³-hybridized carbons (Fsp3) is 0.286. The number of benzene rings is 2. The summed E-state index contributed by atoms with van der Waals surface area (Å²) in [4.78, 5) is 42.0. The minimum atomic E-state index is -3.62. The van der Waals surface area contributed by atoms with Gasteiger partial charge in [0.15, 0.2) is 0 Å². The molecule has 0 atom stereocenters. The molecule has 35 heavy (non-hydrogen) atoms. The summed E-state index contributed by atoms with van der Waals surface area (Å²) in [6.07, 6.45) is 0. The fourth-order valence-electron chi connectivity index (χ4n) is 3.22. The maximum absolute atomic E-state index is 12.9. The van der Waals surface area contributed by atoms with E-state index in [1.807, 2.05) is 6.07 Å². The Morgan fingerprint density at radius 3 is 2.06 bits per heavy atom. The van der Waals surface area contributed by atoms with E-state index in [0.29, 0.717) is 38.4 Å². The first-order valence-electron chi connectivity index (χ1n) is 10.2. The molecule has 1 aliphatic rings. The smallest absolute Gasteiger partial charge is 0.414 e. The highest BCUT2D eigenvalue weighted by atomic mass is 32.2. The van der Waals surface area contributed by atoms with Crippen LogP contribution in [-0.4, -0.2) is 76.8 Å². The van der Waals surface area contributed by atoms with Crippen LogP contribution in [0.2, 0.25) is 0 Å². The Hall–Kier alpha value is -3.88. The minimum absolute atomic E-state index is 0.0476. The molecule has 1 heterocycles. The highest BCUT2D eigenvalue weighted by Gasteiger charge is 2.28. The molecular formula is C21H24N4O9S. The maximum Gasteiger partial charge on any atom is 0.414 e. The number of carbonyl (C=O) groups is 3. The summed E-state index contributed by atoms with van der Waals surface area (Å²) < 4.78 is 27.1. The van der Waals surface area contributed by atoms with E-state index in [0.717, 1.165) is 5.56 Å². The third-order valence-corrected chi connectivity index (χ3v) is 6.77. The molecule has 2 aromatic carbocycles. The van der Waals surface area contributed by atoms with Crippen LogP contribution in [0.15, 0.2) is 53.4 Å². The summed E-state index contributed by atoms with van der Waals surface area (Å²) >= 11 is 0. The summed E-state index contributed by atoms with van der Waals surface area (Å²) in [6.45, 7) is 3.66. The van der Waals surface area contributed by atoms with Crippen LogP contribution in [0.5, 0.6) is 0 Å².